The molecule has 0 rings (SSSR count). The van der Waals surface area contributed by atoms with Crippen LogP contribution in [0.1, 0.15) is 13.8 Å². The summed E-state index contributed by atoms with van der Waals surface area (Å²) in [5.41, 5.74) is 0. The van der Waals surface area contributed by atoms with E-state index >= 15 is 0 Å². The molecule has 11 heavy (non-hydrogen) atoms. The molecule has 0 amide bonds. The highest BCUT2D eigenvalue weighted by Crippen LogP contribution is 1.97. The summed E-state index contributed by atoms with van der Waals surface area (Å²) in [5.74, 6) is 0.794. The minimum absolute atomic E-state index is 0.249. The largest absolute Gasteiger partial charge is 0.623 e. The Hall–Kier alpha value is 2.01. The van der Waals surface area contributed by atoms with Crippen molar-refractivity contribution < 1.29 is 8.52 Å². The van der Waals surface area contributed by atoms with Crippen LogP contribution < -0.4 is 0 Å². The predicted molar refractivity (Wildman–Crippen MR) is 52.9 cm³/mol. The van der Waals surface area contributed by atoms with E-state index in [0.29, 0.717) is 0 Å². The van der Waals surface area contributed by atoms with Gasteiger partial charge in [-0.3, -0.25) is 0 Å². The van der Waals surface area contributed by atoms with Gasteiger partial charge >= 0.3 is 64.0 Å². The van der Waals surface area contributed by atoms with Crippen LogP contribution in [0.25, 0.3) is 0 Å². The molecule has 0 aromatic heterocycles. The van der Waals surface area contributed by atoms with E-state index in [-0.39, 0.29) is 15.6 Å². The van der Waals surface area contributed by atoms with E-state index in [1.165, 1.54) is 5.28 Å². The molecule has 0 unspecified atom stereocenters. The van der Waals surface area contributed by atoms with Crippen molar-refractivity contribution in [2.75, 3.05) is 0 Å². The van der Waals surface area contributed by atoms with Gasteiger partial charge in [0.2, 0.25) is 0 Å². The molecule has 60 valence electrons. The van der Waals surface area contributed by atoms with Crippen LogP contribution in [0.15, 0.2) is 0 Å². The van der Waals surface area contributed by atoms with Crippen molar-refractivity contribution in [2.45, 2.75) is 19.1 Å². The van der Waals surface area contributed by atoms with Crippen LogP contribution in [0, 0.1) is 5.92 Å². The fourth-order valence-corrected chi connectivity index (χ4v) is 6.13. The maximum Gasteiger partial charge on any atom is 0.588 e. The van der Waals surface area contributed by atoms with Crippen molar-refractivity contribution in [3.05, 3.63) is 0 Å². The summed E-state index contributed by atoms with van der Waals surface area (Å²) >= 11 is -0.656. The molecule has 0 aliphatic heterocycles. The first-order valence-corrected chi connectivity index (χ1v) is 8.62. The topological polar surface area (TPSA) is 27.7 Å². The van der Waals surface area contributed by atoms with E-state index in [9.17, 15) is 0 Å². The van der Waals surface area contributed by atoms with Gasteiger partial charge in [0.05, 0.1) is 0 Å². The van der Waals surface area contributed by atoms with Crippen molar-refractivity contribution in [3.8, 4) is 0 Å². The van der Waals surface area contributed by atoms with Gasteiger partial charge in [-0.25, -0.2) is 0 Å². The van der Waals surface area contributed by atoms with Crippen molar-refractivity contribution >= 4 is 64.0 Å². The first-order valence-electron chi connectivity index (χ1n) is 3.91. The Bertz CT molecular complexity index is 81.7. The predicted octanol–water partition coefficient (Wildman–Crippen LogP) is -1.46. The fourth-order valence-electron chi connectivity index (χ4n) is 0.554. The van der Waals surface area contributed by atoms with Crippen LogP contribution in [0.5, 0.6) is 0 Å². The van der Waals surface area contributed by atoms with Crippen molar-refractivity contribution in [2.24, 2.45) is 5.92 Å². The Kier molecular flexibility index (Phi) is 11.9. The molecule has 0 aromatic carbocycles. The van der Waals surface area contributed by atoms with E-state index in [1.54, 1.807) is 0 Å². The molecule has 0 fully saturated rings. The molecule has 3 nitrogen and oxygen atoms in total. The van der Waals surface area contributed by atoms with Gasteiger partial charge in [-0.1, -0.05) is 25.0 Å². The third-order valence-corrected chi connectivity index (χ3v) is 6.70. The highest BCUT2D eigenvalue weighted by atomic mass is 27.3. The van der Waals surface area contributed by atoms with Gasteiger partial charge in [0, 0.05) is 0 Å². The van der Waals surface area contributed by atoms with E-state index in [1.807, 2.05) is 0 Å². The Morgan fingerprint density at radius 2 is 2.00 bits per heavy atom. The maximum atomic E-state index is 5.47. The van der Waals surface area contributed by atoms with Crippen LogP contribution in [0.2, 0.25) is 5.28 Å². The molecule has 0 aliphatic carbocycles. The van der Waals surface area contributed by atoms with Gasteiger partial charge in [0.15, 0.2) is 0 Å². The van der Waals surface area contributed by atoms with E-state index < -0.39 is 31.8 Å². The molecule has 0 aromatic rings. The summed E-state index contributed by atoms with van der Waals surface area (Å²) in [6, 6.07) is 0. The zero-order valence-corrected chi connectivity index (χ0v) is 13.9. The number of hydrogen-bond acceptors (Lipinski definition) is 3. The Morgan fingerprint density at radius 1 is 1.27 bits per heavy atom. The highest BCUT2D eigenvalue weighted by molar-refractivity contribution is 6.44. The Balaban J connectivity index is 2.80. The molecule has 0 aliphatic rings. The van der Waals surface area contributed by atoms with Crippen LogP contribution >= 0.6 is 0 Å². The van der Waals surface area contributed by atoms with Crippen molar-refractivity contribution in [1.82, 2.24) is 0 Å². The average molecular weight is 218 g/mol. The molecule has 0 atom stereocenters. The van der Waals surface area contributed by atoms with Crippen LogP contribution in [-0.2, 0) is 8.52 Å². The maximum absolute atomic E-state index is 5.47. The van der Waals surface area contributed by atoms with Gasteiger partial charge in [-0.15, -0.1) is 0 Å². The normalized spacial score (nSPS) is 9.73. The van der Waals surface area contributed by atoms with Crippen LogP contribution in [-0.4, -0.2) is 64.0 Å². The lowest BCUT2D eigenvalue weighted by Gasteiger charge is -2.04. The third-order valence-electron chi connectivity index (χ3n) is 1.21. The molecular formula is C4H14Al4O3. The standard InChI is InChI=1S/C4H9.4Al.3O.5H/c1-4(2)3;;;;;;;;;;;;/h4H,1H2,2-3H3;;;;;;;;;;;;. The minimum Gasteiger partial charge on any atom is -0.623 e. The quantitative estimate of drug-likeness (QED) is 0.386. The molecule has 0 bridgehead atoms. The van der Waals surface area contributed by atoms with E-state index in [4.69, 9.17) is 8.52 Å². The van der Waals surface area contributed by atoms with E-state index in [2.05, 4.69) is 13.8 Å². The molecule has 0 saturated carbocycles. The number of rotatable bonds is 7. The minimum atomic E-state index is -0.622. The summed E-state index contributed by atoms with van der Waals surface area (Å²) in [7, 11) is 0. The molecule has 0 heterocycles. The smallest absolute Gasteiger partial charge is 0.588 e. The van der Waals surface area contributed by atoms with Gasteiger partial charge in [0.25, 0.3) is 0 Å². The molecule has 7 heteroatoms. The van der Waals surface area contributed by atoms with Crippen molar-refractivity contribution in [1.29, 1.82) is 0 Å². The second-order valence-corrected chi connectivity index (χ2v) is 9.85. The molecular weight excluding hydrogens is 204 g/mol. The first-order chi connectivity index (χ1) is 5.27. The summed E-state index contributed by atoms with van der Waals surface area (Å²) in [4.78, 5) is 0. The second kappa shape index (κ2) is 10.1. The zero-order valence-electron chi connectivity index (χ0n) is 7.63. The molecule has 0 N–H and O–H groups in total. The Labute approximate surface area is 96.7 Å². The van der Waals surface area contributed by atoms with Crippen molar-refractivity contribution in [3.63, 3.8) is 0 Å². The Morgan fingerprint density at radius 3 is 2.55 bits per heavy atom. The summed E-state index contributed by atoms with van der Waals surface area (Å²) < 4.78 is 15.7. The second-order valence-electron chi connectivity index (χ2n) is 2.82. The number of hydrogen-bond donors (Lipinski definition) is 0. The first kappa shape index (κ1) is 13.0. The van der Waals surface area contributed by atoms with Gasteiger partial charge in [-0.2, -0.15) is 0 Å². The van der Waals surface area contributed by atoms with Crippen LogP contribution in [0.3, 0.4) is 0 Å². The van der Waals surface area contributed by atoms with Gasteiger partial charge in [-0.05, 0) is 0 Å². The monoisotopic (exact) mass is 218 g/mol. The lowest BCUT2D eigenvalue weighted by molar-refractivity contribution is 0.436. The van der Waals surface area contributed by atoms with Crippen LogP contribution in [0.4, 0.5) is 0 Å². The average Bonchev–Trinajstić information content (AvgIpc) is 1.96. The van der Waals surface area contributed by atoms with Gasteiger partial charge in [0.1, 0.15) is 0 Å². The SMILES string of the molecule is CC(C)[CH2][AlH][O][AlH][O][AlH][O][AlH2]. The summed E-state index contributed by atoms with van der Waals surface area (Å²) in [6.45, 7) is 4.46. The molecule has 0 spiro atoms. The summed E-state index contributed by atoms with van der Waals surface area (Å²) in [5, 5.41) is 1.28. The van der Waals surface area contributed by atoms with E-state index in [0.717, 1.165) is 22.5 Å². The van der Waals surface area contributed by atoms with Gasteiger partial charge < -0.3 is 8.52 Å². The zero-order chi connectivity index (χ0) is 8.53. The fraction of sp³-hybridized carbons (Fsp3) is 1.00. The molecule has 0 radical (unpaired) electrons. The lowest BCUT2D eigenvalue weighted by Crippen LogP contribution is -2.13. The highest BCUT2D eigenvalue weighted by Gasteiger charge is 2.02. The third kappa shape index (κ3) is 12.0. The summed E-state index contributed by atoms with van der Waals surface area (Å²) in [6.07, 6.45) is 0. The lowest BCUT2D eigenvalue weighted by atomic mass is 10.3. The molecule has 0 saturated heterocycles.